The predicted molar refractivity (Wildman–Crippen MR) is 89.1 cm³/mol. The molecule has 3 N–H and O–H groups in total. The highest BCUT2D eigenvalue weighted by Gasteiger charge is 2.24. The summed E-state index contributed by atoms with van der Waals surface area (Å²) in [5.74, 6) is 0.717. The maximum absolute atomic E-state index is 11.7. The van der Waals surface area contributed by atoms with Crippen molar-refractivity contribution < 1.29 is 9.59 Å². The van der Waals surface area contributed by atoms with Gasteiger partial charge in [0.2, 0.25) is 5.91 Å². The van der Waals surface area contributed by atoms with Crippen molar-refractivity contribution in [3.63, 3.8) is 0 Å². The number of carbonyl (C=O) groups is 2. The van der Waals surface area contributed by atoms with E-state index in [1.54, 1.807) is 11.3 Å². The maximum atomic E-state index is 11.7. The fraction of sp³-hybridized carbons (Fsp3) is 0.625. The molecule has 2 rings (SSSR count). The third-order valence-electron chi connectivity index (χ3n) is 4.10. The van der Waals surface area contributed by atoms with E-state index in [1.165, 1.54) is 12.0 Å². The van der Waals surface area contributed by atoms with E-state index in [2.05, 4.69) is 34.3 Å². The van der Waals surface area contributed by atoms with Crippen molar-refractivity contribution in [1.29, 1.82) is 0 Å². The summed E-state index contributed by atoms with van der Waals surface area (Å²) in [6.45, 7) is 3.92. The molecule has 0 saturated heterocycles. The van der Waals surface area contributed by atoms with Gasteiger partial charge >= 0.3 is 6.03 Å². The van der Waals surface area contributed by atoms with Gasteiger partial charge in [-0.1, -0.05) is 13.3 Å². The third-order valence-corrected chi connectivity index (χ3v) is 4.80. The Morgan fingerprint density at radius 1 is 1.27 bits per heavy atom. The quantitative estimate of drug-likeness (QED) is 0.643. The van der Waals surface area contributed by atoms with Crippen LogP contribution >= 0.6 is 11.3 Å². The summed E-state index contributed by atoms with van der Waals surface area (Å²) in [5, 5.41) is 12.8. The van der Waals surface area contributed by atoms with E-state index < -0.39 is 0 Å². The summed E-state index contributed by atoms with van der Waals surface area (Å²) in [4.78, 5) is 23.3. The number of hydrogen-bond donors (Lipinski definition) is 3. The van der Waals surface area contributed by atoms with Crippen molar-refractivity contribution in [2.45, 2.75) is 38.5 Å². The summed E-state index contributed by atoms with van der Waals surface area (Å²) in [6, 6.07) is 1.94. The second-order valence-corrected chi connectivity index (χ2v) is 6.65. The highest BCUT2D eigenvalue weighted by Crippen LogP contribution is 2.26. The van der Waals surface area contributed by atoms with E-state index in [0.29, 0.717) is 25.6 Å². The minimum absolute atomic E-state index is 0.146. The van der Waals surface area contributed by atoms with Gasteiger partial charge in [0.05, 0.1) is 0 Å². The first-order chi connectivity index (χ1) is 10.7. The first-order valence-electron chi connectivity index (χ1n) is 7.98. The summed E-state index contributed by atoms with van der Waals surface area (Å²) in [5.41, 5.74) is 1.25. The third kappa shape index (κ3) is 5.33. The molecule has 0 aromatic carbocycles. The lowest BCUT2D eigenvalue weighted by atomic mass is 9.85. The molecule has 1 aromatic heterocycles. The maximum Gasteiger partial charge on any atom is 0.314 e. The lowest BCUT2D eigenvalue weighted by Gasteiger charge is -2.24. The zero-order valence-electron chi connectivity index (χ0n) is 13.1. The Kier molecular flexibility index (Phi) is 6.71. The molecule has 6 heteroatoms. The van der Waals surface area contributed by atoms with Crippen LogP contribution in [-0.4, -0.2) is 31.6 Å². The van der Waals surface area contributed by atoms with E-state index in [-0.39, 0.29) is 17.9 Å². The molecule has 1 aliphatic rings. The number of nitrogens with one attached hydrogen (secondary N) is 3. The zero-order valence-corrected chi connectivity index (χ0v) is 13.9. The predicted octanol–water partition coefficient (Wildman–Crippen LogP) is 2.46. The van der Waals surface area contributed by atoms with Gasteiger partial charge in [0.25, 0.3) is 0 Å². The Hall–Kier alpha value is -1.56. The largest absolute Gasteiger partial charge is 0.356 e. The number of thiophene rings is 1. The topological polar surface area (TPSA) is 70.2 Å². The van der Waals surface area contributed by atoms with Crippen molar-refractivity contribution in [2.24, 2.45) is 5.92 Å². The van der Waals surface area contributed by atoms with Crippen LogP contribution in [0.3, 0.4) is 0 Å². The van der Waals surface area contributed by atoms with Gasteiger partial charge in [0, 0.05) is 25.6 Å². The van der Waals surface area contributed by atoms with Gasteiger partial charge in [-0.3, -0.25) is 4.79 Å². The Balaban J connectivity index is 1.48. The molecule has 0 unspecified atom stereocenters. The number of hydrogen-bond acceptors (Lipinski definition) is 3. The fourth-order valence-electron chi connectivity index (χ4n) is 2.30. The Labute approximate surface area is 135 Å². The average molecular weight is 323 g/mol. The van der Waals surface area contributed by atoms with Crippen molar-refractivity contribution in [2.75, 3.05) is 19.6 Å². The fourth-order valence-corrected chi connectivity index (χ4v) is 3.08. The van der Waals surface area contributed by atoms with Gasteiger partial charge in [-0.15, -0.1) is 0 Å². The number of carbonyl (C=O) groups excluding carboxylic acids is 2. The van der Waals surface area contributed by atoms with Crippen LogP contribution in [0.2, 0.25) is 0 Å². The first-order valence-corrected chi connectivity index (χ1v) is 8.92. The molecule has 1 aromatic rings. The van der Waals surface area contributed by atoms with E-state index >= 15 is 0 Å². The molecule has 1 atom stereocenters. The molecule has 0 spiro atoms. The summed E-state index contributed by atoms with van der Waals surface area (Å²) < 4.78 is 0. The first kappa shape index (κ1) is 16.8. The van der Waals surface area contributed by atoms with E-state index in [9.17, 15) is 9.59 Å². The monoisotopic (exact) mass is 323 g/mol. The van der Waals surface area contributed by atoms with Gasteiger partial charge in [-0.2, -0.15) is 11.3 Å². The summed E-state index contributed by atoms with van der Waals surface area (Å²) in [6.07, 6.45) is 3.97. The molecule has 1 fully saturated rings. The molecule has 5 nitrogen and oxygen atoms in total. The average Bonchev–Trinajstić information content (AvgIpc) is 2.96. The molecule has 1 saturated carbocycles. The standard InChI is InChI=1S/C16H25N3O2S/c1-12(14-6-9-22-11-14)10-19-16(21)18-8-3-7-17-15(20)13-4-2-5-13/h6,9,11-13H,2-5,7-8,10H2,1H3,(H,17,20)(H2,18,19,21)/t12-/m1/s1. The minimum Gasteiger partial charge on any atom is -0.356 e. The highest BCUT2D eigenvalue weighted by molar-refractivity contribution is 7.07. The Morgan fingerprint density at radius 3 is 2.68 bits per heavy atom. The number of urea groups is 1. The van der Waals surface area contributed by atoms with Crippen molar-refractivity contribution in [1.82, 2.24) is 16.0 Å². The van der Waals surface area contributed by atoms with Crippen LogP contribution in [0.5, 0.6) is 0 Å². The van der Waals surface area contributed by atoms with Crippen molar-refractivity contribution >= 4 is 23.3 Å². The van der Waals surface area contributed by atoms with E-state index in [0.717, 1.165) is 19.3 Å². The van der Waals surface area contributed by atoms with Crippen LogP contribution in [-0.2, 0) is 4.79 Å². The van der Waals surface area contributed by atoms with Crippen LogP contribution < -0.4 is 16.0 Å². The lowest BCUT2D eigenvalue weighted by molar-refractivity contribution is -0.127. The molecule has 3 amide bonds. The van der Waals surface area contributed by atoms with Gasteiger partial charge < -0.3 is 16.0 Å². The highest BCUT2D eigenvalue weighted by atomic mass is 32.1. The zero-order chi connectivity index (χ0) is 15.8. The minimum atomic E-state index is -0.146. The van der Waals surface area contributed by atoms with E-state index in [4.69, 9.17) is 0 Å². The van der Waals surface area contributed by atoms with Crippen LogP contribution in [0.4, 0.5) is 4.79 Å². The van der Waals surface area contributed by atoms with Gasteiger partial charge in [0.15, 0.2) is 0 Å². The van der Waals surface area contributed by atoms with Crippen molar-refractivity contribution in [3.8, 4) is 0 Å². The molecular weight excluding hydrogens is 298 g/mol. The van der Waals surface area contributed by atoms with Crippen LogP contribution in [0.25, 0.3) is 0 Å². The lowest BCUT2D eigenvalue weighted by Crippen LogP contribution is -2.39. The molecule has 0 aliphatic heterocycles. The molecule has 0 bridgehead atoms. The van der Waals surface area contributed by atoms with Crippen LogP contribution in [0, 0.1) is 5.92 Å². The number of amides is 3. The second kappa shape index (κ2) is 8.78. The molecule has 1 aliphatic carbocycles. The normalized spacial score (nSPS) is 15.7. The molecule has 1 heterocycles. The molecule has 0 radical (unpaired) electrons. The molecule has 122 valence electrons. The van der Waals surface area contributed by atoms with Gasteiger partial charge in [-0.05, 0) is 47.6 Å². The smallest absolute Gasteiger partial charge is 0.314 e. The molecule has 22 heavy (non-hydrogen) atoms. The van der Waals surface area contributed by atoms with Crippen molar-refractivity contribution in [3.05, 3.63) is 22.4 Å². The van der Waals surface area contributed by atoms with Gasteiger partial charge in [0.1, 0.15) is 0 Å². The number of rotatable bonds is 8. The van der Waals surface area contributed by atoms with E-state index in [1.807, 2.05) is 5.38 Å². The SMILES string of the molecule is C[C@H](CNC(=O)NCCCNC(=O)C1CCC1)c1ccsc1. The van der Waals surface area contributed by atoms with Crippen LogP contribution in [0.15, 0.2) is 16.8 Å². The summed E-state index contributed by atoms with van der Waals surface area (Å²) >= 11 is 1.67. The summed E-state index contributed by atoms with van der Waals surface area (Å²) in [7, 11) is 0. The second-order valence-electron chi connectivity index (χ2n) is 5.87. The van der Waals surface area contributed by atoms with Gasteiger partial charge in [-0.25, -0.2) is 4.79 Å². The Bertz CT molecular complexity index is 472. The molecular formula is C16H25N3O2S. The van der Waals surface area contributed by atoms with Crippen LogP contribution in [0.1, 0.15) is 44.1 Å². The Morgan fingerprint density at radius 2 is 2.05 bits per heavy atom.